The molecule has 0 aliphatic heterocycles. The molecule has 0 heterocycles. The predicted octanol–water partition coefficient (Wildman–Crippen LogP) is 2.66. The summed E-state index contributed by atoms with van der Waals surface area (Å²) in [6.07, 6.45) is 0. The molecule has 3 aromatic rings. The van der Waals surface area contributed by atoms with Crippen LogP contribution in [0.3, 0.4) is 0 Å². The molecule has 0 aromatic heterocycles. The number of nitrogens with zero attached hydrogens (tertiary/aromatic N) is 1. The van der Waals surface area contributed by atoms with Crippen LogP contribution < -0.4 is 15.6 Å². The van der Waals surface area contributed by atoms with Crippen LogP contribution in [0.4, 0.5) is 0 Å². The fraction of sp³-hybridized carbons (Fsp3) is 0.0500. The summed E-state index contributed by atoms with van der Waals surface area (Å²) < 4.78 is 0. The molecule has 0 radical (unpaired) electrons. The quantitative estimate of drug-likeness (QED) is 0.539. The summed E-state index contributed by atoms with van der Waals surface area (Å²) in [5, 5.41) is 13.4. The fourth-order valence-electron chi connectivity index (χ4n) is 3.04. The average molecular weight is 299 g/mol. The lowest BCUT2D eigenvalue weighted by atomic mass is 10.2. The minimum Gasteiger partial charge on any atom is -0.192 e. The Morgan fingerprint density at radius 3 is 1.64 bits per heavy atom. The molecule has 0 spiro atoms. The molecule has 0 fully saturated rings. The van der Waals surface area contributed by atoms with E-state index in [4.69, 9.17) is 0 Å². The van der Waals surface area contributed by atoms with E-state index in [0.717, 1.165) is 5.56 Å². The van der Waals surface area contributed by atoms with Crippen LogP contribution in [0.5, 0.6) is 0 Å². The van der Waals surface area contributed by atoms with Gasteiger partial charge in [-0.25, -0.2) is 0 Å². The minimum atomic E-state index is -2.17. The minimum absolute atomic E-state index is 0.782. The van der Waals surface area contributed by atoms with Crippen LogP contribution in [0.15, 0.2) is 84.9 Å². The van der Waals surface area contributed by atoms with Crippen molar-refractivity contribution in [3.05, 3.63) is 90.5 Å². The van der Waals surface area contributed by atoms with Gasteiger partial charge in [0.1, 0.15) is 8.07 Å². The number of benzene rings is 3. The Morgan fingerprint density at radius 1 is 0.682 bits per heavy atom. The maximum Gasteiger partial charge on any atom is 0.147 e. The van der Waals surface area contributed by atoms with Crippen molar-refractivity contribution >= 4 is 23.6 Å². The number of rotatable bonds is 3. The molecule has 0 saturated carbocycles. The van der Waals surface area contributed by atoms with E-state index in [0.29, 0.717) is 0 Å². The first kappa shape index (κ1) is 14.3. The van der Waals surface area contributed by atoms with Gasteiger partial charge in [0.15, 0.2) is 0 Å². The monoisotopic (exact) mass is 299 g/mol. The van der Waals surface area contributed by atoms with Crippen LogP contribution in [-0.2, 0) is 0 Å². The van der Waals surface area contributed by atoms with E-state index in [9.17, 15) is 5.26 Å². The van der Waals surface area contributed by atoms with E-state index in [-0.39, 0.29) is 0 Å². The Balaban J connectivity index is 2.32. The van der Waals surface area contributed by atoms with Crippen LogP contribution >= 0.6 is 0 Å². The van der Waals surface area contributed by atoms with Crippen molar-refractivity contribution < 1.29 is 0 Å². The largest absolute Gasteiger partial charge is 0.192 e. The highest BCUT2D eigenvalue weighted by atomic mass is 28.3. The van der Waals surface area contributed by atoms with Crippen molar-refractivity contribution in [3.8, 4) is 6.07 Å². The van der Waals surface area contributed by atoms with Crippen LogP contribution in [-0.4, -0.2) is 8.07 Å². The van der Waals surface area contributed by atoms with Crippen LogP contribution in [0.25, 0.3) is 0 Å². The van der Waals surface area contributed by atoms with E-state index in [2.05, 4.69) is 67.2 Å². The zero-order valence-corrected chi connectivity index (χ0v) is 13.5. The third kappa shape index (κ3) is 2.36. The van der Waals surface area contributed by atoms with Gasteiger partial charge in [-0.3, -0.25) is 0 Å². The molecule has 0 amide bonds. The lowest BCUT2D eigenvalue weighted by Gasteiger charge is -2.30. The summed E-state index contributed by atoms with van der Waals surface area (Å²) in [6, 6.07) is 31.5. The lowest BCUT2D eigenvalue weighted by molar-refractivity contribution is 1.49. The smallest absolute Gasteiger partial charge is 0.147 e. The topological polar surface area (TPSA) is 23.8 Å². The van der Waals surface area contributed by atoms with E-state index < -0.39 is 8.07 Å². The summed E-state index contributed by atoms with van der Waals surface area (Å²) in [6.45, 7) is 2.33. The van der Waals surface area contributed by atoms with Crippen molar-refractivity contribution in [2.45, 2.75) is 6.55 Å². The second kappa shape index (κ2) is 6.01. The highest BCUT2D eigenvalue weighted by Crippen LogP contribution is 2.09. The first-order valence-electron chi connectivity index (χ1n) is 7.37. The third-order valence-electron chi connectivity index (χ3n) is 4.29. The van der Waals surface area contributed by atoms with Gasteiger partial charge in [-0.1, -0.05) is 85.4 Å². The van der Waals surface area contributed by atoms with Crippen molar-refractivity contribution in [1.82, 2.24) is 0 Å². The zero-order valence-electron chi connectivity index (χ0n) is 12.5. The molecule has 0 N–H and O–H groups in total. The molecule has 2 heteroatoms. The van der Waals surface area contributed by atoms with E-state index in [1.54, 1.807) is 0 Å². The van der Waals surface area contributed by atoms with E-state index >= 15 is 0 Å². The summed E-state index contributed by atoms with van der Waals surface area (Å²) in [5.41, 5.74) is 0.782. The molecule has 0 unspecified atom stereocenters. The molecule has 22 heavy (non-hydrogen) atoms. The lowest BCUT2D eigenvalue weighted by Crippen LogP contribution is -2.65. The van der Waals surface area contributed by atoms with Gasteiger partial charge in [-0.15, -0.1) is 0 Å². The number of hydrogen-bond donors (Lipinski definition) is 0. The molecule has 0 aliphatic rings. The van der Waals surface area contributed by atoms with Crippen molar-refractivity contribution in [2.24, 2.45) is 0 Å². The molecule has 0 atom stereocenters. The number of hydrogen-bond acceptors (Lipinski definition) is 1. The Morgan fingerprint density at radius 2 is 1.14 bits per heavy atom. The highest BCUT2D eigenvalue weighted by Gasteiger charge is 2.35. The molecular weight excluding hydrogens is 282 g/mol. The SMILES string of the molecule is C[Si](c1ccccc1)(c1ccccc1)c1ccccc1C#N. The van der Waals surface area contributed by atoms with E-state index in [1.165, 1.54) is 15.6 Å². The van der Waals surface area contributed by atoms with Gasteiger partial charge in [-0.05, 0) is 21.6 Å². The zero-order chi connectivity index (χ0) is 15.4. The predicted molar refractivity (Wildman–Crippen MR) is 94.6 cm³/mol. The molecule has 0 saturated heterocycles. The standard InChI is InChI=1S/C20H17NSi/c1-22(18-11-4-2-5-12-18,19-13-6-3-7-14-19)20-15-9-8-10-17(20)16-21/h2-15H,1H3. The van der Waals surface area contributed by atoms with Gasteiger partial charge in [-0.2, -0.15) is 5.26 Å². The van der Waals surface area contributed by atoms with Gasteiger partial charge in [0.25, 0.3) is 0 Å². The van der Waals surface area contributed by atoms with Crippen LogP contribution in [0.1, 0.15) is 5.56 Å². The van der Waals surface area contributed by atoms with Crippen molar-refractivity contribution in [2.75, 3.05) is 0 Å². The first-order chi connectivity index (χ1) is 10.8. The van der Waals surface area contributed by atoms with Gasteiger partial charge >= 0.3 is 0 Å². The Labute approximate surface area is 132 Å². The molecule has 3 aromatic carbocycles. The first-order valence-corrected chi connectivity index (χ1v) is 9.87. The molecular formula is C20H17NSi. The van der Waals surface area contributed by atoms with Gasteiger partial charge in [0, 0.05) is 0 Å². The van der Waals surface area contributed by atoms with Crippen LogP contribution in [0, 0.1) is 11.3 Å². The second-order valence-corrected chi connectivity index (χ2v) is 9.46. The summed E-state index contributed by atoms with van der Waals surface area (Å²) in [4.78, 5) is 0. The fourth-order valence-corrected chi connectivity index (χ4v) is 6.82. The summed E-state index contributed by atoms with van der Waals surface area (Å²) in [7, 11) is -2.17. The summed E-state index contributed by atoms with van der Waals surface area (Å²) >= 11 is 0. The van der Waals surface area contributed by atoms with Crippen molar-refractivity contribution in [1.29, 1.82) is 5.26 Å². The molecule has 106 valence electrons. The third-order valence-corrected chi connectivity index (χ3v) is 8.78. The maximum absolute atomic E-state index is 9.55. The normalized spacial score (nSPS) is 10.9. The van der Waals surface area contributed by atoms with Crippen LogP contribution in [0.2, 0.25) is 6.55 Å². The van der Waals surface area contributed by atoms with Crippen molar-refractivity contribution in [3.63, 3.8) is 0 Å². The summed E-state index contributed by atoms with van der Waals surface area (Å²) in [5.74, 6) is 0. The Hall–Kier alpha value is -2.63. The van der Waals surface area contributed by atoms with Gasteiger partial charge in [0.05, 0.1) is 11.6 Å². The molecule has 3 rings (SSSR count). The average Bonchev–Trinajstić information content (AvgIpc) is 2.62. The molecule has 1 nitrogen and oxygen atoms in total. The second-order valence-electron chi connectivity index (χ2n) is 5.51. The Kier molecular flexibility index (Phi) is 3.91. The van der Waals surface area contributed by atoms with E-state index in [1.807, 2.05) is 30.3 Å². The maximum atomic E-state index is 9.55. The van der Waals surface area contributed by atoms with Gasteiger partial charge < -0.3 is 0 Å². The molecule has 0 bridgehead atoms. The van der Waals surface area contributed by atoms with Gasteiger partial charge in [0.2, 0.25) is 0 Å². The Bertz CT molecular complexity index is 764. The molecule has 0 aliphatic carbocycles. The highest BCUT2D eigenvalue weighted by molar-refractivity contribution is 7.11. The number of nitriles is 1.